The Morgan fingerprint density at radius 2 is 2.12 bits per heavy atom. The molecule has 0 amide bonds. The van der Waals surface area contributed by atoms with Gasteiger partial charge in [0.2, 0.25) is 0 Å². The summed E-state index contributed by atoms with van der Waals surface area (Å²) in [4.78, 5) is 2.26. The standard InChI is InChI=1S/C14H20N2S/c1-10(2)15-14(17)16-11(3)8-9-12-6-4-5-7-13(12)16/h4-7,10-11H,8-9H2,1-3H3,(H,15,17)/t11-/m1/s1. The molecule has 0 spiro atoms. The van der Waals surface area contributed by atoms with Crippen molar-refractivity contribution in [3.63, 3.8) is 0 Å². The van der Waals surface area contributed by atoms with E-state index in [0.717, 1.165) is 18.0 Å². The molecule has 1 aliphatic rings. The maximum Gasteiger partial charge on any atom is 0.173 e. The second-order valence-electron chi connectivity index (χ2n) is 4.99. The number of benzene rings is 1. The lowest BCUT2D eigenvalue weighted by atomic mass is 9.97. The van der Waals surface area contributed by atoms with Crippen LogP contribution in [-0.4, -0.2) is 17.2 Å². The van der Waals surface area contributed by atoms with E-state index in [4.69, 9.17) is 12.2 Å². The van der Waals surface area contributed by atoms with Crippen molar-refractivity contribution in [2.24, 2.45) is 0 Å². The zero-order chi connectivity index (χ0) is 12.4. The van der Waals surface area contributed by atoms with Gasteiger partial charge in [-0.2, -0.15) is 0 Å². The van der Waals surface area contributed by atoms with Crippen LogP contribution in [0.4, 0.5) is 5.69 Å². The summed E-state index contributed by atoms with van der Waals surface area (Å²) in [6.07, 6.45) is 2.31. The quantitative estimate of drug-likeness (QED) is 0.769. The number of hydrogen-bond donors (Lipinski definition) is 1. The molecule has 1 heterocycles. The number of para-hydroxylation sites is 1. The zero-order valence-electron chi connectivity index (χ0n) is 10.7. The van der Waals surface area contributed by atoms with E-state index in [1.165, 1.54) is 11.3 Å². The first-order chi connectivity index (χ1) is 8.09. The molecule has 3 heteroatoms. The Morgan fingerprint density at radius 3 is 2.82 bits per heavy atom. The van der Waals surface area contributed by atoms with Gasteiger partial charge < -0.3 is 10.2 Å². The lowest BCUT2D eigenvalue weighted by molar-refractivity contribution is 0.614. The fourth-order valence-corrected chi connectivity index (χ4v) is 2.83. The van der Waals surface area contributed by atoms with E-state index in [0.29, 0.717) is 12.1 Å². The third-order valence-electron chi connectivity index (χ3n) is 3.15. The fraction of sp³-hybridized carbons (Fsp3) is 0.500. The first-order valence-corrected chi connectivity index (χ1v) is 6.68. The molecule has 17 heavy (non-hydrogen) atoms. The molecule has 0 aromatic heterocycles. The van der Waals surface area contributed by atoms with Gasteiger partial charge in [-0.3, -0.25) is 0 Å². The van der Waals surface area contributed by atoms with Crippen molar-refractivity contribution in [3.8, 4) is 0 Å². The average Bonchev–Trinajstić information content (AvgIpc) is 2.27. The minimum Gasteiger partial charge on any atom is -0.360 e. The van der Waals surface area contributed by atoms with Gasteiger partial charge in [-0.15, -0.1) is 0 Å². The van der Waals surface area contributed by atoms with E-state index in [2.05, 4.69) is 55.3 Å². The minimum atomic E-state index is 0.379. The van der Waals surface area contributed by atoms with E-state index in [9.17, 15) is 0 Å². The van der Waals surface area contributed by atoms with Gasteiger partial charge in [0.15, 0.2) is 5.11 Å². The monoisotopic (exact) mass is 248 g/mol. The zero-order valence-corrected chi connectivity index (χ0v) is 11.6. The van der Waals surface area contributed by atoms with Crippen LogP contribution in [0.5, 0.6) is 0 Å². The predicted molar refractivity (Wildman–Crippen MR) is 77.6 cm³/mol. The van der Waals surface area contributed by atoms with Gasteiger partial charge in [0.05, 0.1) is 0 Å². The summed E-state index contributed by atoms with van der Waals surface area (Å²) in [6, 6.07) is 9.41. The Labute approximate surface area is 109 Å². The highest BCUT2D eigenvalue weighted by molar-refractivity contribution is 7.80. The molecule has 0 saturated heterocycles. The van der Waals surface area contributed by atoms with E-state index in [1.807, 2.05) is 0 Å². The van der Waals surface area contributed by atoms with E-state index < -0.39 is 0 Å². The van der Waals surface area contributed by atoms with Crippen LogP contribution in [0.25, 0.3) is 0 Å². The summed E-state index contributed by atoms with van der Waals surface area (Å²) in [5.41, 5.74) is 2.67. The van der Waals surface area contributed by atoms with Crippen LogP contribution in [0.15, 0.2) is 24.3 Å². The number of nitrogens with one attached hydrogen (secondary N) is 1. The largest absolute Gasteiger partial charge is 0.360 e. The van der Waals surface area contributed by atoms with Crippen molar-refractivity contribution in [1.82, 2.24) is 5.32 Å². The fourth-order valence-electron chi connectivity index (χ4n) is 2.31. The van der Waals surface area contributed by atoms with Gasteiger partial charge in [0.1, 0.15) is 0 Å². The Bertz CT molecular complexity index is 414. The summed E-state index contributed by atoms with van der Waals surface area (Å²) in [6.45, 7) is 6.48. The highest BCUT2D eigenvalue weighted by Gasteiger charge is 2.25. The average molecular weight is 248 g/mol. The second kappa shape index (κ2) is 5.05. The molecule has 0 radical (unpaired) electrons. The van der Waals surface area contributed by atoms with Gasteiger partial charge in [0.25, 0.3) is 0 Å². The molecule has 0 saturated carbocycles. The SMILES string of the molecule is CC(C)NC(=S)N1c2ccccc2CC[C@H]1C. The van der Waals surface area contributed by atoms with Gasteiger partial charge in [-0.1, -0.05) is 18.2 Å². The van der Waals surface area contributed by atoms with Crippen LogP contribution in [0, 0.1) is 0 Å². The van der Waals surface area contributed by atoms with Crippen molar-refractivity contribution < 1.29 is 0 Å². The molecule has 2 nitrogen and oxygen atoms in total. The van der Waals surface area contributed by atoms with Crippen LogP contribution in [0.2, 0.25) is 0 Å². The van der Waals surface area contributed by atoms with E-state index in [1.54, 1.807) is 0 Å². The summed E-state index contributed by atoms with van der Waals surface area (Å²) in [7, 11) is 0. The number of aryl methyl sites for hydroxylation is 1. The van der Waals surface area contributed by atoms with Crippen LogP contribution in [0.1, 0.15) is 32.8 Å². The molecule has 0 unspecified atom stereocenters. The maximum absolute atomic E-state index is 5.52. The smallest absolute Gasteiger partial charge is 0.173 e. The summed E-state index contributed by atoms with van der Waals surface area (Å²) in [5, 5.41) is 4.19. The van der Waals surface area contributed by atoms with Crippen LogP contribution in [-0.2, 0) is 6.42 Å². The molecule has 1 aromatic carbocycles. The lowest BCUT2D eigenvalue weighted by Gasteiger charge is -2.37. The Balaban J connectivity index is 2.29. The van der Waals surface area contributed by atoms with Crippen molar-refractivity contribution >= 4 is 23.0 Å². The molecular formula is C14H20N2S. The number of thiocarbonyl (C=S) groups is 1. The normalized spacial score (nSPS) is 19.1. The molecule has 0 bridgehead atoms. The highest BCUT2D eigenvalue weighted by Crippen LogP contribution is 2.30. The lowest BCUT2D eigenvalue weighted by Crippen LogP contribution is -2.49. The van der Waals surface area contributed by atoms with Crippen LogP contribution < -0.4 is 10.2 Å². The molecule has 92 valence electrons. The van der Waals surface area contributed by atoms with Crippen molar-refractivity contribution in [2.45, 2.75) is 45.7 Å². The summed E-state index contributed by atoms with van der Waals surface area (Å²) in [5.74, 6) is 0. The van der Waals surface area contributed by atoms with Crippen molar-refractivity contribution in [2.75, 3.05) is 4.90 Å². The van der Waals surface area contributed by atoms with E-state index >= 15 is 0 Å². The summed E-state index contributed by atoms with van der Waals surface area (Å²) >= 11 is 5.52. The summed E-state index contributed by atoms with van der Waals surface area (Å²) < 4.78 is 0. The highest BCUT2D eigenvalue weighted by atomic mass is 32.1. The maximum atomic E-state index is 5.52. The Kier molecular flexibility index (Phi) is 3.67. The first-order valence-electron chi connectivity index (χ1n) is 6.27. The number of rotatable bonds is 1. The molecule has 1 N–H and O–H groups in total. The van der Waals surface area contributed by atoms with Gasteiger partial charge in [0, 0.05) is 17.8 Å². The second-order valence-corrected chi connectivity index (χ2v) is 5.38. The number of fused-ring (bicyclic) bond motifs is 1. The third kappa shape index (κ3) is 2.60. The predicted octanol–water partition coefficient (Wildman–Crippen LogP) is 3.11. The molecular weight excluding hydrogens is 228 g/mol. The molecule has 0 aliphatic carbocycles. The third-order valence-corrected chi connectivity index (χ3v) is 3.47. The van der Waals surface area contributed by atoms with Gasteiger partial charge in [-0.05, 0) is 57.5 Å². The van der Waals surface area contributed by atoms with Crippen molar-refractivity contribution in [1.29, 1.82) is 0 Å². The van der Waals surface area contributed by atoms with Gasteiger partial charge in [-0.25, -0.2) is 0 Å². The van der Waals surface area contributed by atoms with E-state index in [-0.39, 0.29) is 0 Å². The van der Waals surface area contributed by atoms with Gasteiger partial charge >= 0.3 is 0 Å². The number of hydrogen-bond acceptors (Lipinski definition) is 1. The Morgan fingerprint density at radius 1 is 1.41 bits per heavy atom. The van der Waals surface area contributed by atoms with Crippen LogP contribution in [0.3, 0.4) is 0 Å². The molecule has 1 aromatic rings. The number of nitrogens with zero attached hydrogens (tertiary/aromatic N) is 1. The minimum absolute atomic E-state index is 0.379. The molecule has 2 rings (SSSR count). The Hall–Kier alpha value is -1.09. The first kappa shape index (κ1) is 12.4. The molecule has 1 aliphatic heterocycles. The topological polar surface area (TPSA) is 15.3 Å². The van der Waals surface area contributed by atoms with Crippen LogP contribution >= 0.6 is 12.2 Å². The molecule has 1 atom stereocenters. The number of anilines is 1. The molecule has 0 fully saturated rings. The van der Waals surface area contributed by atoms with Crippen molar-refractivity contribution in [3.05, 3.63) is 29.8 Å².